The van der Waals surface area contributed by atoms with Crippen LogP contribution < -0.4 is 0 Å². The number of rotatable bonds is 2. The van der Waals surface area contributed by atoms with Crippen molar-refractivity contribution in [3.8, 4) is 11.5 Å². The Hall–Kier alpha value is -2.38. The summed E-state index contributed by atoms with van der Waals surface area (Å²) in [5, 5.41) is 11.6. The molecular weight excluding hydrogens is 241 g/mol. The Balaban J connectivity index is 2.49. The van der Waals surface area contributed by atoms with Gasteiger partial charge in [0.25, 0.3) is 11.7 Å². The van der Waals surface area contributed by atoms with E-state index in [2.05, 4.69) is 14.7 Å². The number of carboxylic acid groups (broad SMARTS) is 1. The van der Waals surface area contributed by atoms with Gasteiger partial charge in [0.1, 0.15) is 0 Å². The van der Waals surface area contributed by atoms with Gasteiger partial charge in [-0.1, -0.05) is 0 Å². The van der Waals surface area contributed by atoms with Crippen LogP contribution in [0.4, 0.5) is 13.2 Å². The summed E-state index contributed by atoms with van der Waals surface area (Å²) in [7, 11) is 0. The van der Waals surface area contributed by atoms with Crippen molar-refractivity contribution in [2.75, 3.05) is 0 Å². The topological polar surface area (TPSA) is 76.2 Å². The highest BCUT2D eigenvalue weighted by Crippen LogP contribution is 2.22. The van der Waals surface area contributed by atoms with Crippen LogP contribution in [0.2, 0.25) is 0 Å². The van der Waals surface area contributed by atoms with Crippen molar-refractivity contribution in [1.29, 1.82) is 0 Å². The molecule has 88 valence electrons. The zero-order valence-corrected chi connectivity index (χ0v) is 7.95. The number of carbonyl (C=O) groups is 1. The molecule has 0 aliphatic carbocycles. The van der Waals surface area contributed by atoms with Gasteiger partial charge in [-0.15, -0.1) is 0 Å². The van der Waals surface area contributed by atoms with Gasteiger partial charge in [0, 0.05) is 5.56 Å². The number of hydrogen-bond donors (Lipinski definition) is 1. The second-order valence-electron chi connectivity index (χ2n) is 2.98. The molecule has 2 aromatic rings. The van der Waals surface area contributed by atoms with Crippen LogP contribution in [-0.4, -0.2) is 21.2 Å². The molecule has 0 saturated heterocycles. The molecule has 0 fully saturated rings. The molecule has 1 N–H and O–H groups in total. The Morgan fingerprint density at radius 1 is 1.24 bits per heavy atom. The Bertz CT molecular complexity index is 574. The van der Waals surface area contributed by atoms with Gasteiger partial charge in [-0.3, -0.25) is 0 Å². The number of benzene rings is 1. The van der Waals surface area contributed by atoms with Crippen molar-refractivity contribution in [3.63, 3.8) is 0 Å². The molecule has 8 heteroatoms. The van der Waals surface area contributed by atoms with Crippen LogP contribution in [-0.2, 0) is 0 Å². The highest BCUT2D eigenvalue weighted by Gasteiger charge is 2.18. The molecule has 0 bridgehead atoms. The Kier molecular flexibility index (Phi) is 2.54. The van der Waals surface area contributed by atoms with E-state index < -0.39 is 35.1 Å². The van der Waals surface area contributed by atoms with E-state index in [1.165, 1.54) is 0 Å². The van der Waals surface area contributed by atoms with E-state index in [1.807, 2.05) is 0 Å². The number of aromatic nitrogens is 2. The Morgan fingerprint density at radius 2 is 1.82 bits per heavy atom. The fourth-order valence-corrected chi connectivity index (χ4v) is 1.11. The molecule has 1 heterocycles. The SMILES string of the molecule is O=C(O)c1noc(-c2cc(F)c(F)c(F)c2)n1. The minimum Gasteiger partial charge on any atom is -0.475 e. The largest absolute Gasteiger partial charge is 0.475 e. The van der Waals surface area contributed by atoms with Crippen LogP contribution >= 0.6 is 0 Å². The lowest BCUT2D eigenvalue weighted by Gasteiger charge is -1.97. The number of nitrogens with zero attached hydrogens (tertiary/aromatic N) is 2. The number of carboxylic acids is 1. The normalized spacial score (nSPS) is 10.5. The Morgan fingerprint density at radius 3 is 2.29 bits per heavy atom. The molecular formula is C9H3F3N2O3. The fraction of sp³-hybridized carbons (Fsp3) is 0. The number of hydrogen-bond acceptors (Lipinski definition) is 4. The van der Waals surface area contributed by atoms with E-state index in [9.17, 15) is 18.0 Å². The lowest BCUT2D eigenvalue weighted by atomic mass is 10.2. The van der Waals surface area contributed by atoms with Crippen molar-refractivity contribution < 1.29 is 27.6 Å². The van der Waals surface area contributed by atoms with E-state index in [1.54, 1.807) is 0 Å². The summed E-state index contributed by atoms with van der Waals surface area (Å²) in [5.74, 6) is -7.04. The molecule has 0 unspecified atom stereocenters. The summed E-state index contributed by atoms with van der Waals surface area (Å²) in [6.07, 6.45) is 0. The molecule has 5 nitrogen and oxygen atoms in total. The lowest BCUT2D eigenvalue weighted by molar-refractivity contribution is 0.0680. The predicted octanol–water partition coefficient (Wildman–Crippen LogP) is 1.85. The van der Waals surface area contributed by atoms with Crippen molar-refractivity contribution in [2.24, 2.45) is 0 Å². The molecule has 1 aromatic heterocycles. The Labute approximate surface area is 91.5 Å². The predicted molar refractivity (Wildman–Crippen MR) is 46.6 cm³/mol. The first kappa shape index (κ1) is 11.1. The quantitative estimate of drug-likeness (QED) is 0.816. The second kappa shape index (κ2) is 3.89. The molecule has 0 spiro atoms. The minimum absolute atomic E-state index is 0.249. The van der Waals surface area contributed by atoms with Gasteiger partial charge in [-0.05, 0) is 17.3 Å². The summed E-state index contributed by atoms with van der Waals surface area (Å²) in [4.78, 5) is 13.8. The molecule has 0 radical (unpaired) electrons. The standard InChI is InChI=1S/C9H3F3N2O3/c10-4-1-3(2-5(11)6(4)12)8-13-7(9(15)16)14-17-8/h1-2H,(H,15,16). The van der Waals surface area contributed by atoms with E-state index in [0.717, 1.165) is 0 Å². The van der Waals surface area contributed by atoms with Crippen molar-refractivity contribution >= 4 is 5.97 Å². The van der Waals surface area contributed by atoms with E-state index >= 15 is 0 Å². The van der Waals surface area contributed by atoms with Gasteiger partial charge >= 0.3 is 5.97 Å². The van der Waals surface area contributed by atoms with Crippen LogP contribution in [0.25, 0.3) is 11.5 Å². The first-order valence-electron chi connectivity index (χ1n) is 4.21. The molecule has 0 aliphatic heterocycles. The molecule has 17 heavy (non-hydrogen) atoms. The van der Waals surface area contributed by atoms with E-state index in [0.29, 0.717) is 12.1 Å². The third-order valence-corrected chi connectivity index (χ3v) is 1.85. The monoisotopic (exact) mass is 244 g/mol. The first-order chi connectivity index (χ1) is 7.99. The van der Waals surface area contributed by atoms with Crippen LogP contribution in [0.3, 0.4) is 0 Å². The smallest absolute Gasteiger partial charge is 0.377 e. The first-order valence-corrected chi connectivity index (χ1v) is 4.21. The van der Waals surface area contributed by atoms with Gasteiger partial charge in [0.2, 0.25) is 0 Å². The average Bonchev–Trinajstić information content (AvgIpc) is 2.74. The summed E-state index contributed by atoms with van der Waals surface area (Å²) in [5.41, 5.74) is -0.249. The highest BCUT2D eigenvalue weighted by molar-refractivity contribution is 5.83. The molecule has 0 saturated carbocycles. The van der Waals surface area contributed by atoms with E-state index in [-0.39, 0.29) is 5.56 Å². The number of aromatic carboxylic acids is 1. The molecule has 0 amide bonds. The van der Waals surface area contributed by atoms with Crippen LogP contribution in [0, 0.1) is 17.5 Å². The minimum atomic E-state index is -1.63. The highest BCUT2D eigenvalue weighted by atomic mass is 19.2. The molecule has 2 rings (SSSR count). The fourth-order valence-electron chi connectivity index (χ4n) is 1.11. The third-order valence-electron chi connectivity index (χ3n) is 1.85. The lowest BCUT2D eigenvalue weighted by Crippen LogP contribution is -1.98. The van der Waals surface area contributed by atoms with Crippen molar-refractivity contribution in [3.05, 3.63) is 35.4 Å². The molecule has 0 atom stereocenters. The average molecular weight is 244 g/mol. The second-order valence-corrected chi connectivity index (χ2v) is 2.98. The third kappa shape index (κ3) is 1.96. The molecule has 0 aliphatic rings. The van der Waals surface area contributed by atoms with Crippen LogP contribution in [0.5, 0.6) is 0 Å². The summed E-state index contributed by atoms with van der Waals surface area (Å²) >= 11 is 0. The maximum Gasteiger partial charge on any atom is 0.377 e. The summed E-state index contributed by atoms with van der Waals surface area (Å²) < 4.78 is 42.9. The van der Waals surface area contributed by atoms with Crippen molar-refractivity contribution in [2.45, 2.75) is 0 Å². The summed E-state index contributed by atoms with van der Waals surface area (Å²) in [6.45, 7) is 0. The van der Waals surface area contributed by atoms with Gasteiger partial charge in [-0.25, -0.2) is 18.0 Å². The van der Waals surface area contributed by atoms with Gasteiger partial charge in [0.05, 0.1) is 0 Å². The maximum atomic E-state index is 12.9. The van der Waals surface area contributed by atoms with Gasteiger partial charge in [0.15, 0.2) is 17.5 Å². The molecule has 1 aromatic carbocycles. The van der Waals surface area contributed by atoms with Crippen LogP contribution in [0.1, 0.15) is 10.6 Å². The van der Waals surface area contributed by atoms with E-state index in [4.69, 9.17) is 5.11 Å². The maximum absolute atomic E-state index is 12.9. The van der Waals surface area contributed by atoms with Gasteiger partial charge in [-0.2, -0.15) is 4.98 Å². The van der Waals surface area contributed by atoms with Crippen LogP contribution in [0.15, 0.2) is 16.7 Å². The van der Waals surface area contributed by atoms with Gasteiger partial charge < -0.3 is 9.63 Å². The zero-order chi connectivity index (χ0) is 12.6. The van der Waals surface area contributed by atoms with Crippen molar-refractivity contribution in [1.82, 2.24) is 10.1 Å². The zero-order valence-electron chi connectivity index (χ0n) is 7.95. The summed E-state index contributed by atoms with van der Waals surface area (Å²) in [6, 6.07) is 1.25. The number of halogens is 3.